The average Bonchev–Trinajstić information content (AvgIpc) is 2.95. The Morgan fingerprint density at radius 2 is 2.14 bits per heavy atom. The fourth-order valence-corrected chi connectivity index (χ4v) is 3.23. The number of Topliss-reactive ketones (excluding diaryl/α,β-unsaturated/α-hetero) is 1. The minimum Gasteiger partial charge on any atom is -0.494 e. The van der Waals surface area contributed by atoms with Crippen molar-refractivity contribution in [3.63, 3.8) is 0 Å². The average molecular weight is 290 g/mol. The monoisotopic (exact) mass is 290 g/mol. The molecule has 3 rings (SSSR count). The maximum absolute atomic E-state index is 12.7. The second kappa shape index (κ2) is 6.16. The van der Waals surface area contributed by atoms with Crippen LogP contribution in [0.1, 0.15) is 36.5 Å². The van der Waals surface area contributed by atoms with E-state index >= 15 is 0 Å². The van der Waals surface area contributed by atoms with E-state index in [4.69, 9.17) is 14.2 Å². The van der Waals surface area contributed by atoms with Crippen LogP contribution in [0.4, 0.5) is 0 Å². The molecule has 21 heavy (non-hydrogen) atoms. The van der Waals surface area contributed by atoms with Gasteiger partial charge in [-0.25, -0.2) is 0 Å². The molecule has 2 atom stereocenters. The molecule has 2 fully saturated rings. The predicted octanol–water partition coefficient (Wildman–Crippen LogP) is 2.85. The Morgan fingerprint density at radius 1 is 1.33 bits per heavy atom. The molecule has 0 saturated carbocycles. The van der Waals surface area contributed by atoms with Crippen LogP contribution in [0.2, 0.25) is 0 Å². The maximum atomic E-state index is 12.7. The second-order valence-corrected chi connectivity index (χ2v) is 5.85. The third kappa shape index (κ3) is 3.11. The molecule has 1 aromatic rings. The van der Waals surface area contributed by atoms with Crippen LogP contribution in [0.3, 0.4) is 0 Å². The molecule has 4 nitrogen and oxygen atoms in total. The van der Waals surface area contributed by atoms with Crippen LogP contribution in [0.15, 0.2) is 24.3 Å². The molecule has 2 saturated heterocycles. The summed E-state index contributed by atoms with van der Waals surface area (Å²) in [7, 11) is 0. The molecular weight excluding hydrogens is 268 g/mol. The molecule has 0 aromatic heterocycles. The number of ketones is 1. The van der Waals surface area contributed by atoms with Gasteiger partial charge in [-0.05, 0) is 44.0 Å². The topological polar surface area (TPSA) is 44.8 Å². The van der Waals surface area contributed by atoms with Crippen molar-refractivity contribution in [1.82, 2.24) is 0 Å². The molecular formula is C17H22O4. The Hall–Kier alpha value is -1.39. The fourth-order valence-electron chi connectivity index (χ4n) is 3.23. The van der Waals surface area contributed by atoms with Crippen LogP contribution in [0.25, 0.3) is 0 Å². The molecule has 2 heterocycles. The summed E-state index contributed by atoms with van der Waals surface area (Å²) >= 11 is 0. The first kappa shape index (κ1) is 14.5. The van der Waals surface area contributed by atoms with Crippen molar-refractivity contribution in [2.75, 3.05) is 26.4 Å². The van der Waals surface area contributed by atoms with Crippen LogP contribution in [0.5, 0.6) is 5.75 Å². The standard InChI is InChI=1S/C17H22O4/c1-2-20-15-5-3-13(4-6-15)16(18)14-7-9-21-17(11-14)8-10-19-12-17/h3-6,14H,2,7-12H2,1H3. The second-order valence-electron chi connectivity index (χ2n) is 5.85. The first-order valence-corrected chi connectivity index (χ1v) is 7.71. The molecule has 4 heteroatoms. The molecule has 0 radical (unpaired) electrons. The van der Waals surface area contributed by atoms with Crippen LogP contribution in [-0.4, -0.2) is 37.8 Å². The normalized spacial score (nSPS) is 28.7. The Bertz CT molecular complexity index is 488. The van der Waals surface area contributed by atoms with Crippen molar-refractivity contribution in [3.05, 3.63) is 29.8 Å². The van der Waals surface area contributed by atoms with Gasteiger partial charge >= 0.3 is 0 Å². The van der Waals surface area contributed by atoms with Crippen molar-refractivity contribution >= 4 is 5.78 Å². The van der Waals surface area contributed by atoms with Crippen LogP contribution < -0.4 is 4.74 Å². The molecule has 2 aliphatic rings. The van der Waals surface area contributed by atoms with Gasteiger partial charge in [0.2, 0.25) is 0 Å². The first-order valence-electron chi connectivity index (χ1n) is 7.71. The van der Waals surface area contributed by atoms with Gasteiger partial charge in [-0.15, -0.1) is 0 Å². The number of ether oxygens (including phenoxy) is 3. The predicted molar refractivity (Wildman–Crippen MR) is 78.8 cm³/mol. The largest absolute Gasteiger partial charge is 0.494 e. The number of carbonyl (C=O) groups is 1. The zero-order chi connectivity index (χ0) is 14.7. The van der Waals surface area contributed by atoms with E-state index in [0.717, 1.165) is 37.2 Å². The summed E-state index contributed by atoms with van der Waals surface area (Å²) in [5, 5.41) is 0. The summed E-state index contributed by atoms with van der Waals surface area (Å²) in [4.78, 5) is 12.7. The van der Waals surface area contributed by atoms with Crippen LogP contribution in [-0.2, 0) is 9.47 Å². The van der Waals surface area contributed by atoms with Crippen molar-refractivity contribution < 1.29 is 19.0 Å². The van der Waals surface area contributed by atoms with Gasteiger partial charge in [0.15, 0.2) is 5.78 Å². The first-order chi connectivity index (χ1) is 10.2. The third-order valence-electron chi connectivity index (χ3n) is 4.38. The van der Waals surface area contributed by atoms with Gasteiger partial charge in [0.05, 0.1) is 18.8 Å². The summed E-state index contributed by atoms with van der Waals surface area (Å²) in [6, 6.07) is 7.45. The lowest BCUT2D eigenvalue weighted by Crippen LogP contribution is -2.42. The van der Waals surface area contributed by atoms with E-state index in [-0.39, 0.29) is 17.3 Å². The van der Waals surface area contributed by atoms with Gasteiger partial charge in [-0.2, -0.15) is 0 Å². The highest BCUT2D eigenvalue weighted by Gasteiger charge is 2.42. The lowest BCUT2D eigenvalue weighted by Gasteiger charge is -2.36. The molecule has 0 amide bonds. The summed E-state index contributed by atoms with van der Waals surface area (Å²) < 4.78 is 16.8. The van der Waals surface area contributed by atoms with Gasteiger partial charge in [0, 0.05) is 31.1 Å². The van der Waals surface area contributed by atoms with Crippen molar-refractivity contribution in [3.8, 4) is 5.75 Å². The lowest BCUT2D eigenvalue weighted by atomic mass is 9.81. The smallest absolute Gasteiger partial charge is 0.166 e. The molecule has 0 bridgehead atoms. The zero-order valence-electron chi connectivity index (χ0n) is 12.5. The van der Waals surface area contributed by atoms with E-state index in [0.29, 0.717) is 19.8 Å². The zero-order valence-corrected chi connectivity index (χ0v) is 12.5. The van der Waals surface area contributed by atoms with Gasteiger partial charge in [0.25, 0.3) is 0 Å². The Morgan fingerprint density at radius 3 is 2.81 bits per heavy atom. The molecule has 0 aliphatic carbocycles. The van der Waals surface area contributed by atoms with Gasteiger partial charge < -0.3 is 14.2 Å². The summed E-state index contributed by atoms with van der Waals surface area (Å²) in [6.45, 7) is 4.60. The Kier molecular flexibility index (Phi) is 4.27. The highest BCUT2D eigenvalue weighted by atomic mass is 16.6. The number of hydrogen-bond acceptors (Lipinski definition) is 4. The van der Waals surface area contributed by atoms with E-state index < -0.39 is 0 Å². The number of hydrogen-bond donors (Lipinski definition) is 0. The van der Waals surface area contributed by atoms with E-state index in [1.165, 1.54) is 0 Å². The minimum atomic E-state index is -0.218. The maximum Gasteiger partial charge on any atom is 0.166 e. The van der Waals surface area contributed by atoms with Gasteiger partial charge in [-0.1, -0.05) is 0 Å². The highest BCUT2D eigenvalue weighted by Crippen LogP contribution is 2.37. The molecule has 0 N–H and O–H groups in total. The number of carbonyl (C=O) groups excluding carboxylic acids is 1. The highest BCUT2D eigenvalue weighted by molar-refractivity contribution is 5.98. The Labute approximate surface area is 125 Å². The summed E-state index contributed by atoms with van der Waals surface area (Å²) in [5.41, 5.74) is 0.545. The lowest BCUT2D eigenvalue weighted by molar-refractivity contribution is -0.0920. The third-order valence-corrected chi connectivity index (χ3v) is 4.38. The molecule has 1 aromatic carbocycles. The number of rotatable bonds is 4. The molecule has 114 valence electrons. The SMILES string of the molecule is CCOc1ccc(C(=O)C2CCOC3(CCOC3)C2)cc1. The van der Waals surface area contributed by atoms with E-state index in [1.807, 2.05) is 31.2 Å². The van der Waals surface area contributed by atoms with E-state index in [9.17, 15) is 4.79 Å². The van der Waals surface area contributed by atoms with E-state index in [1.54, 1.807) is 0 Å². The van der Waals surface area contributed by atoms with Crippen molar-refractivity contribution in [2.45, 2.75) is 31.8 Å². The molecule has 2 aliphatic heterocycles. The van der Waals surface area contributed by atoms with E-state index in [2.05, 4.69) is 0 Å². The van der Waals surface area contributed by atoms with Gasteiger partial charge in [-0.3, -0.25) is 4.79 Å². The molecule has 2 unspecified atom stereocenters. The van der Waals surface area contributed by atoms with Crippen molar-refractivity contribution in [2.24, 2.45) is 5.92 Å². The Balaban J connectivity index is 1.69. The van der Waals surface area contributed by atoms with Gasteiger partial charge in [0.1, 0.15) is 5.75 Å². The number of benzene rings is 1. The summed E-state index contributed by atoms with van der Waals surface area (Å²) in [5.74, 6) is 1.06. The summed E-state index contributed by atoms with van der Waals surface area (Å²) in [6.07, 6.45) is 2.48. The molecule has 1 spiro atoms. The van der Waals surface area contributed by atoms with Crippen LogP contribution >= 0.6 is 0 Å². The fraction of sp³-hybridized carbons (Fsp3) is 0.588. The minimum absolute atomic E-state index is 0.0402. The quantitative estimate of drug-likeness (QED) is 0.800. The van der Waals surface area contributed by atoms with Crippen LogP contribution in [0, 0.1) is 5.92 Å². The van der Waals surface area contributed by atoms with Crippen molar-refractivity contribution in [1.29, 1.82) is 0 Å².